The summed E-state index contributed by atoms with van der Waals surface area (Å²) in [7, 11) is 3.09. The smallest absolute Gasteiger partial charge is 0.323 e. The molecule has 0 saturated carbocycles. The van der Waals surface area contributed by atoms with Crippen LogP contribution in [0.25, 0.3) is 0 Å². The predicted molar refractivity (Wildman–Crippen MR) is 120 cm³/mol. The first-order valence-corrected chi connectivity index (χ1v) is 10.2. The number of Topliss-reactive ketones (excluding diaryl/α,β-unsaturated/α-hetero) is 1. The molecular weight excluding hydrogens is 400 g/mol. The zero-order valence-electron chi connectivity index (χ0n) is 16.7. The van der Waals surface area contributed by atoms with E-state index in [-0.39, 0.29) is 17.6 Å². The third-order valence-corrected chi connectivity index (χ3v) is 5.23. The van der Waals surface area contributed by atoms with Crippen LogP contribution >= 0.6 is 11.8 Å². The zero-order valence-corrected chi connectivity index (χ0v) is 17.5. The van der Waals surface area contributed by atoms with Crippen LogP contribution in [0.15, 0.2) is 77.7 Å². The number of carbonyl (C=O) groups is 2. The Morgan fingerprint density at radius 2 is 1.43 bits per heavy atom. The molecule has 0 aliphatic carbocycles. The molecular formula is C23H22N2O4S. The zero-order chi connectivity index (χ0) is 21.3. The molecule has 30 heavy (non-hydrogen) atoms. The Hall–Kier alpha value is -3.45. The maximum Gasteiger partial charge on any atom is 0.323 e. The molecule has 3 rings (SSSR count). The van der Waals surface area contributed by atoms with Crippen molar-refractivity contribution >= 4 is 35.0 Å². The molecule has 6 nitrogen and oxygen atoms in total. The minimum absolute atomic E-state index is 0.00889. The summed E-state index contributed by atoms with van der Waals surface area (Å²) in [5.41, 5.74) is 1.95. The summed E-state index contributed by atoms with van der Waals surface area (Å²) in [5.74, 6) is 1.39. The standard InChI is InChI=1S/C23H22N2O4S/c1-28-21-13-8-16(14-22(21)29-2)20(26)15-30-19-11-9-18(10-12-19)25-23(27)24-17-6-4-3-5-7-17/h3-14H,15H2,1-2H3,(H2,24,25,27). The van der Waals surface area contributed by atoms with Gasteiger partial charge in [0.15, 0.2) is 17.3 Å². The lowest BCUT2D eigenvalue weighted by Gasteiger charge is -2.09. The molecule has 0 atom stereocenters. The highest BCUT2D eigenvalue weighted by molar-refractivity contribution is 8.00. The summed E-state index contributed by atoms with van der Waals surface area (Å²) in [4.78, 5) is 25.5. The second kappa shape index (κ2) is 10.4. The molecule has 0 aliphatic rings. The Bertz CT molecular complexity index is 1010. The van der Waals surface area contributed by atoms with Gasteiger partial charge >= 0.3 is 6.03 Å². The largest absolute Gasteiger partial charge is 0.493 e. The number of anilines is 2. The normalized spacial score (nSPS) is 10.2. The van der Waals surface area contributed by atoms with Crippen LogP contribution in [-0.4, -0.2) is 31.8 Å². The number of urea groups is 1. The number of carbonyl (C=O) groups excluding carboxylic acids is 2. The first kappa shape index (κ1) is 21.3. The summed E-state index contributed by atoms with van der Waals surface area (Å²) in [6.45, 7) is 0. The van der Waals surface area contributed by atoms with Crippen molar-refractivity contribution in [2.24, 2.45) is 0 Å². The van der Waals surface area contributed by atoms with E-state index in [1.807, 2.05) is 42.5 Å². The number of methoxy groups -OCH3 is 2. The maximum absolute atomic E-state index is 12.5. The Balaban J connectivity index is 1.53. The minimum atomic E-state index is -0.315. The van der Waals surface area contributed by atoms with Crippen molar-refractivity contribution in [1.29, 1.82) is 0 Å². The van der Waals surface area contributed by atoms with Gasteiger partial charge in [0, 0.05) is 21.8 Å². The Kier molecular flexibility index (Phi) is 7.34. The number of para-hydroxylation sites is 1. The van der Waals surface area contributed by atoms with Gasteiger partial charge < -0.3 is 20.1 Å². The third kappa shape index (κ3) is 5.78. The number of benzene rings is 3. The lowest BCUT2D eigenvalue weighted by atomic mass is 10.1. The average Bonchev–Trinajstić information content (AvgIpc) is 2.78. The number of ether oxygens (including phenoxy) is 2. The molecule has 3 aromatic rings. The summed E-state index contributed by atoms with van der Waals surface area (Å²) < 4.78 is 10.4. The van der Waals surface area contributed by atoms with Crippen molar-refractivity contribution in [1.82, 2.24) is 0 Å². The Morgan fingerprint density at radius 3 is 2.07 bits per heavy atom. The van der Waals surface area contributed by atoms with Crippen LogP contribution < -0.4 is 20.1 Å². The molecule has 0 fully saturated rings. The van der Waals surface area contributed by atoms with Gasteiger partial charge in [-0.15, -0.1) is 11.8 Å². The van der Waals surface area contributed by atoms with Gasteiger partial charge in [0.2, 0.25) is 0 Å². The second-order valence-corrected chi connectivity index (χ2v) is 7.30. The molecule has 0 radical (unpaired) electrons. The monoisotopic (exact) mass is 422 g/mol. The molecule has 0 saturated heterocycles. The highest BCUT2D eigenvalue weighted by Crippen LogP contribution is 2.29. The quantitative estimate of drug-likeness (QED) is 0.379. The van der Waals surface area contributed by atoms with Gasteiger partial charge in [-0.25, -0.2) is 4.79 Å². The van der Waals surface area contributed by atoms with E-state index in [9.17, 15) is 9.59 Å². The van der Waals surface area contributed by atoms with Crippen LogP contribution in [0.2, 0.25) is 0 Å². The van der Waals surface area contributed by atoms with E-state index < -0.39 is 0 Å². The van der Waals surface area contributed by atoms with Crippen molar-refractivity contribution in [3.05, 3.63) is 78.4 Å². The van der Waals surface area contributed by atoms with E-state index >= 15 is 0 Å². The molecule has 2 amide bonds. The molecule has 0 aromatic heterocycles. The third-order valence-electron chi connectivity index (χ3n) is 4.22. The van der Waals surface area contributed by atoms with Crippen LogP contribution in [0.4, 0.5) is 16.2 Å². The van der Waals surface area contributed by atoms with Crippen molar-refractivity contribution in [3.63, 3.8) is 0 Å². The van der Waals surface area contributed by atoms with Crippen molar-refractivity contribution in [2.45, 2.75) is 4.90 Å². The van der Waals surface area contributed by atoms with Crippen LogP contribution in [0, 0.1) is 0 Å². The van der Waals surface area contributed by atoms with E-state index in [2.05, 4.69) is 10.6 Å². The minimum Gasteiger partial charge on any atom is -0.493 e. The molecule has 0 heterocycles. The van der Waals surface area contributed by atoms with Crippen molar-refractivity contribution in [2.75, 3.05) is 30.6 Å². The summed E-state index contributed by atoms with van der Waals surface area (Å²) in [5, 5.41) is 5.54. The fourth-order valence-electron chi connectivity index (χ4n) is 2.69. The van der Waals surface area contributed by atoms with E-state index in [0.29, 0.717) is 22.7 Å². The first-order chi connectivity index (χ1) is 14.6. The fourth-order valence-corrected chi connectivity index (χ4v) is 3.48. The molecule has 154 valence electrons. The van der Waals surface area contributed by atoms with Gasteiger partial charge in [0.05, 0.1) is 20.0 Å². The highest BCUT2D eigenvalue weighted by atomic mass is 32.2. The summed E-state index contributed by atoms with van der Waals surface area (Å²) in [6, 6.07) is 21.4. The second-order valence-electron chi connectivity index (χ2n) is 6.25. The lowest BCUT2D eigenvalue weighted by Crippen LogP contribution is -2.19. The van der Waals surface area contributed by atoms with Gasteiger partial charge in [0.25, 0.3) is 0 Å². The van der Waals surface area contributed by atoms with Crippen LogP contribution in [0.5, 0.6) is 11.5 Å². The van der Waals surface area contributed by atoms with Gasteiger partial charge in [-0.1, -0.05) is 18.2 Å². The number of thioether (sulfide) groups is 1. The van der Waals surface area contributed by atoms with Crippen LogP contribution in [-0.2, 0) is 0 Å². The van der Waals surface area contributed by atoms with Gasteiger partial charge in [0.1, 0.15) is 0 Å². The van der Waals surface area contributed by atoms with E-state index in [1.54, 1.807) is 37.4 Å². The molecule has 0 aliphatic heterocycles. The van der Waals surface area contributed by atoms with Gasteiger partial charge in [-0.2, -0.15) is 0 Å². The van der Waals surface area contributed by atoms with Gasteiger partial charge in [-0.3, -0.25) is 4.79 Å². The number of amides is 2. The van der Waals surface area contributed by atoms with E-state index in [4.69, 9.17) is 9.47 Å². The molecule has 7 heteroatoms. The fraction of sp³-hybridized carbons (Fsp3) is 0.130. The highest BCUT2D eigenvalue weighted by Gasteiger charge is 2.11. The molecule has 0 spiro atoms. The van der Waals surface area contributed by atoms with E-state index in [1.165, 1.54) is 18.9 Å². The number of nitrogens with one attached hydrogen (secondary N) is 2. The SMILES string of the molecule is COc1ccc(C(=O)CSc2ccc(NC(=O)Nc3ccccc3)cc2)cc1OC. The lowest BCUT2D eigenvalue weighted by molar-refractivity contribution is 0.102. The average molecular weight is 423 g/mol. The maximum atomic E-state index is 12.5. The van der Waals surface area contributed by atoms with Crippen LogP contribution in [0.3, 0.4) is 0 Å². The number of hydrogen-bond donors (Lipinski definition) is 2. The topological polar surface area (TPSA) is 76.7 Å². The molecule has 0 unspecified atom stereocenters. The van der Waals surface area contributed by atoms with Gasteiger partial charge in [-0.05, 0) is 54.6 Å². The van der Waals surface area contributed by atoms with Crippen molar-refractivity contribution < 1.29 is 19.1 Å². The Labute approximate surface area is 179 Å². The Morgan fingerprint density at radius 1 is 0.800 bits per heavy atom. The van der Waals surface area contributed by atoms with Crippen LogP contribution in [0.1, 0.15) is 10.4 Å². The summed E-state index contributed by atoms with van der Waals surface area (Å²) >= 11 is 1.43. The summed E-state index contributed by atoms with van der Waals surface area (Å²) in [6.07, 6.45) is 0. The molecule has 0 bridgehead atoms. The number of rotatable bonds is 8. The molecule has 3 aromatic carbocycles. The van der Waals surface area contributed by atoms with Crippen molar-refractivity contribution in [3.8, 4) is 11.5 Å². The van der Waals surface area contributed by atoms with E-state index in [0.717, 1.165) is 10.6 Å². The first-order valence-electron chi connectivity index (χ1n) is 9.20. The number of ketones is 1. The predicted octanol–water partition coefficient (Wildman–Crippen LogP) is 5.32. The number of hydrogen-bond acceptors (Lipinski definition) is 5. The molecule has 2 N–H and O–H groups in total.